The van der Waals surface area contributed by atoms with Gasteiger partial charge < -0.3 is 20.9 Å². The van der Waals surface area contributed by atoms with Gasteiger partial charge in [0.15, 0.2) is 5.96 Å². The second-order valence-corrected chi connectivity index (χ2v) is 5.42. The molecule has 108 valence electrons. The molecular formula is C13H29N3O2. The van der Waals surface area contributed by atoms with Gasteiger partial charge in [0.25, 0.3) is 0 Å². The fraction of sp³-hybridized carbons (Fsp3) is 0.923. The van der Waals surface area contributed by atoms with Crippen LogP contribution in [0.5, 0.6) is 0 Å². The first-order valence-electron chi connectivity index (χ1n) is 6.71. The van der Waals surface area contributed by atoms with Gasteiger partial charge in [-0.25, -0.2) is 0 Å². The lowest BCUT2D eigenvalue weighted by atomic mass is 10.1. The van der Waals surface area contributed by atoms with E-state index < -0.39 is 6.10 Å². The lowest BCUT2D eigenvalue weighted by molar-refractivity contribution is 0.0301. The molecule has 0 rings (SSSR count). The van der Waals surface area contributed by atoms with Crippen LogP contribution in [0.4, 0.5) is 0 Å². The number of aliphatic hydroxyl groups excluding tert-OH is 1. The monoisotopic (exact) mass is 259 g/mol. The van der Waals surface area contributed by atoms with Crippen LogP contribution < -0.4 is 11.1 Å². The Labute approximate surface area is 111 Å². The van der Waals surface area contributed by atoms with Gasteiger partial charge in [0, 0.05) is 13.2 Å². The molecule has 5 nitrogen and oxygen atoms in total. The van der Waals surface area contributed by atoms with E-state index in [2.05, 4.69) is 38.0 Å². The largest absolute Gasteiger partial charge is 0.389 e. The number of nitrogens with zero attached hydrogens (tertiary/aromatic N) is 1. The third kappa shape index (κ3) is 11.7. The van der Waals surface area contributed by atoms with Crippen molar-refractivity contribution in [2.75, 3.05) is 26.3 Å². The van der Waals surface area contributed by atoms with Crippen LogP contribution in [0.25, 0.3) is 0 Å². The predicted octanol–water partition coefficient (Wildman–Crippen LogP) is 0.970. The van der Waals surface area contributed by atoms with E-state index in [1.807, 2.05) is 0 Å². The van der Waals surface area contributed by atoms with Gasteiger partial charge in [0.05, 0.1) is 19.3 Å². The molecule has 5 heteroatoms. The topological polar surface area (TPSA) is 79.9 Å². The Kier molecular flexibility index (Phi) is 9.69. The highest BCUT2D eigenvalue weighted by Crippen LogP contribution is 1.96. The van der Waals surface area contributed by atoms with E-state index in [0.29, 0.717) is 31.0 Å². The van der Waals surface area contributed by atoms with E-state index in [4.69, 9.17) is 10.5 Å². The van der Waals surface area contributed by atoms with E-state index in [1.165, 1.54) is 0 Å². The molecule has 0 aliphatic rings. The summed E-state index contributed by atoms with van der Waals surface area (Å²) in [5.41, 5.74) is 5.67. The fourth-order valence-electron chi connectivity index (χ4n) is 1.24. The maximum Gasteiger partial charge on any atom is 0.188 e. The fourth-order valence-corrected chi connectivity index (χ4v) is 1.24. The number of hydrogen-bond acceptors (Lipinski definition) is 3. The minimum absolute atomic E-state index is 0.276. The zero-order chi connectivity index (χ0) is 14.0. The second-order valence-electron chi connectivity index (χ2n) is 5.42. The van der Waals surface area contributed by atoms with E-state index in [0.717, 1.165) is 13.0 Å². The smallest absolute Gasteiger partial charge is 0.188 e. The summed E-state index contributed by atoms with van der Waals surface area (Å²) in [6.45, 7) is 10.5. The molecule has 1 atom stereocenters. The Morgan fingerprint density at radius 3 is 2.44 bits per heavy atom. The van der Waals surface area contributed by atoms with Gasteiger partial charge in [0.2, 0.25) is 0 Å². The van der Waals surface area contributed by atoms with Crippen LogP contribution in [0.1, 0.15) is 34.1 Å². The Hall–Kier alpha value is -0.810. The van der Waals surface area contributed by atoms with E-state index in [-0.39, 0.29) is 6.54 Å². The predicted molar refractivity (Wildman–Crippen MR) is 75.6 cm³/mol. The third-order valence-corrected chi connectivity index (χ3v) is 2.26. The highest BCUT2D eigenvalue weighted by molar-refractivity contribution is 5.77. The molecule has 0 aromatic rings. The molecule has 0 heterocycles. The van der Waals surface area contributed by atoms with Crippen molar-refractivity contribution in [3.05, 3.63) is 0 Å². The molecule has 18 heavy (non-hydrogen) atoms. The van der Waals surface area contributed by atoms with Crippen molar-refractivity contribution in [3.63, 3.8) is 0 Å². The number of hydrogen-bond donors (Lipinski definition) is 3. The van der Waals surface area contributed by atoms with Crippen LogP contribution in [-0.2, 0) is 4.74 Å². The number of ether oxygens (including phenoxy) is 1. The lowest BCUT2D eigenvalue weighted by Gasteiger charge is -2.11. The number of nitrogens with two attached hydrogens (primary N) is 1. The SMILES string of the molecule is CC(C)CCNC(N)=NCC(O)COCC(C)C. The second kappa shape index (κ2) is 10.1. The molecule has 0 radical (unpaired) electrons. The summed E-state index contributed by atoms with van der Waals surface area (Å²) in [7, 11) is 0. The Bertz CT molecular complexity index is 230. The Balaban J connectivity index is 3.63. The highest BCUT2D eigenvalue weighted by Gasteiger charge is 2.04. The molecule has 0 aliphatic heterocycles. The van der Waals surface area contributed by atoms with Gasteiger partial charge in [-0.15, -0.1) is 0 Å². The van der Waals surface area contributed by atoms with Gasteiger partial charge in [0.1, 0.15) is 0 Å². The molecule has 0 saturated heterocycles. The summed E-state index contributed by atoms with van der Waals surface area (Å²) < 4.78 is 5.32. The average molecular weight is 259 g/mol. The first-order chi connectivity index (χ1) is 8.41. The molecular weight excluding hydrogens is 230 g/mol. The van der Waals surface area contributed by atoms with Crippen molar-refractivity contribution in [1.82, 2.24) is 5.32 Å². The van der Waals surface area contributed by atoms with E-state index in [1.54, 1.807) is 0 Å². The van der Waals surface area contributed by atoms with Gasteiger partial charge in [-0.3, -0.25) is 4.99 Å². The lowest BCUT2D eigenvalue weighted by Crippen LogP contribution is -2.34. The van der Waals surface area contributed by atoms with Gasteiger partial charge >= 0.3 is 0 Å². The van der Waals surface area contributed by atoms with Gasteiger partial charge in [-0.05, 0) is 18.3 Å². The number of aliphatic imine (C=N–C) groups is 1. The molecule has 0 bridgehead atoms. The van der Waals surface area contributed by atoms with Crippen LogP contribution in [-0.4, -0.2) is 43.5 Å². The van der Waals surface area contributed by atoms with Gasteiger partial charge in [-0.1, -0.05) is 27.7 Å². The zero-order valence-electron chi connectivity index (χ0n) is 12.1. The molecule has 0 aromatic carbocycles. The summed E-state index contributed by atoms with van der Waals surface area (Å²) in [5.74, 6) is 1.50. The third-order valence-electron chi connectivity index (χ3n) is 2.26. The summed E-state index contributed by atoms with van der Waals surface area (Å²) in [6, 6.07) is 0. The van der Waals surface area contributed by atoms with Crippen LogP contribution >= 0.6 is 0 Å². The normalized spacial score (nSPS) is 14.3. The Morgan fingerprint density at radius 1 is 1.22 bits per heavy atom. The summed E-state index contributed by atoms with van der Waals surface area (Å²) in [4.78, 5) is 4.07. The maximum atomic E-state index is 9.61. The average Bonchev–Trinajstić information content (AvgIpc) is 2.25. The highest BCUT2D eigenvalue weighted by atomic mass is 16.5. The standard InChI is InChI=1S/C13H29N3O2/c1-10(2)5-6-15-13(14)16-7-12(17)9-18-8-11(3)4/h10-12,17H,5-9H2,1-4H3,(H3,14,15,16). The van der Waals surface area contributed by atoms with Crippen LogP contribution in [0.15, 0.2) is 4.99 Å². The zero-order valence-corrected chi connectivity index (χ0v) is 12.1. The molecule has 0 fully saturated rings. The Morgan fingerprint density at radius 2 is 1.89 bits per heavy atom. The molecule has 0 saturated carbocycles. The molecule has 0 spiro atoms. The van der Waals surface area contributed by atoms with Crippen molar-refractivity contribution in [2.45, 2.75) is 40.2 Å². The van der Waals surface area contributed by atoms with Crippen LogP contribution in [0.3, 0.4) is 0 Å². The first kappa shape index (κ1) is 17.2. The summed E-state index contributed by atoms with van der Waals surface area (Å²) in [6.07, 6.45) is 0.463. The first-order valence-corrected chi connectivity index (χ1v) is 6.71. The summed E-state index contributed by atoms with van der Waals surface area (Å²) >= 11 is 0. The van der Waals surface area contributed by atoms with Crippen molar-refractivity contribution in [2.24, 2.45) is 22.6 Å². The number of aliphatic hydroxyl groups is 1. The number of guanidine groups is 1. The summed E-state index contributed by atoms with van der Waals surface area (Å²) in [5, 5.41) is 12.6. The number of rotatable bonds is 9. The molecule has 1 unspecified atom stereocenters. The van der Waals surface area contributed by atoms with Gasteiger partial charge in [-0.2, -0.15) is 0 Å². The quantitative estimate of drug-likeness (QED) is 0.426. The van der Waals surface area contributed by atoms with E-state index in [9.17, 15) is 5.11 Å². The van der Waals surface area contributed by atoms with Crippen molar-refractivity contribution < 1.29 is 9.84 Å². The van der Waals surface area contributed by atoms with E-state index >= 15 is 0 Å². The molecule has 4 N–H and O–H groups in total. The minimum atomic E-state index is -0.589. The molecule has 0 amide bonds. The maximum absolute atomic E-state index is 9.61. The number of nitrogens with one attached hydrogen (secondary N) is 1. The van der Waals surface area contributed by atoms with Crippen molar-refractivity contribution in [3.8, 4) is 0 Å². The van der Waals surface area contributed by atoms with Crippen LogP contribution in [0.2, 0.25) is 0 Å². The van der Waals surface area contributed by atoms with Crippen molar-refractivity contribution in [1.29, 1.82) is 0 Å². The molecule has 0 aromatic heterocycles. The minimum Gasteiger partial charge on any atom is -0.389 e. The molecule has 0 aliphatic carbocycles. The van der Waals surface area contributed by atoms with Crippen LogP contribution in [0, 0.1) is 11.8 Å². The van der Waals surface area contributed by atoms with Crippen molar-refractivity contribution >= 4 is 5.96 Å².